The van der Waals surface area contributed by atoms with Gasteiger partial charge in [-0.2, -0.15) is 0 Å². The molecule has 0 amide bonds. The van der Waals surface area contributed by atoms with Gasteiger partial charge in [-0.05, 0) is 109 Å². The van der Waals surface area contributed by atoms with Crippen molar-refractivity contribution in [2.45, 2.75) is 12.3 Å². The van der Waals surface area contributed by atoms with Crippen LogP contribution < -0.4 is 4.90 Å². The van der Waals surface area contributed by atoms with E-state index in [1.54, 1.807) is 0 Å². The van der Waals surface area contributed by atoms with Crippen molar-refractivity contribution in [2.24, 2.45) is 0 Å². The summed E-state index contributed by atoms with van der Waals surface area (Å²) in [6.07, 6.45) is 0. The first-order valence-electron chi connectivity index (χ1n) is 19.8. The summed E-state index contributed by atoms with van der Waals surface area (Å²) in [6.45, 7) is 2.23. The highest BCUT2D eigenvalue weighted by Crippen LogP contribution is 2.58. The zero-order valence-electron chi connectivity index (χ0n) is 31.7. The molecule has 1 heteroatoms. The van der Waals surface area contributed by atoms with Crippen molar-refractivity contribution in [2.75, 3.05) is 4.90 Å². The molecule has 0 atom stereocenters. The number of aryl methyl sites for hydroxylation is 1. The van der Waals surface area contributed by atoms with Crippen molar-refractivity contribution in [3.63, 3.8) is 0 Å². The van der Waals surface area contributed by atoms with E-state index in [4.69, 9.17) is 0 Å². The number of rotatable bonds is 6. The molecule has 0 saturated heterocycles. The smallest absolute Gasteiger partial charge is 0.0714 e. The van der Waals surface area contributed by atoms with Gasteiger partial charge < -0.3 is 4.90 Å². The molecule has 0 saturated carbocycles. The molecule has 10 aromatic rings. The fourth-order valence-corrected chi connectivity index (χ4v) is 9.70. The van der Waals surface area contributed by atoms with E-state index >= 15 is 0 Å². The van der Waals surface area contributed by atoms with Crippen LogP contribution >= 0.6 is 0 Å². The van der Waals surface area contributed by atoms with Gasteiger partial charge in [-0.15, -0.1) is 0 Å². The number of benzene rings is 10. The molecule has 0 spiro atoms. The summed E-state index contributed by atoms with van der Waals surface area (Å²) in [6, 6.07) is 80.9. The maximum Gasteiger partial charge on any atom is 0.0714 e. The largest absolute Gasteiger partial charge is 0.309 e. The van der Waals surface area contributed by atoms with E-state index in [-0.39, 0.29) is 0 Å². The summed E-state index contributed by atoms with van der Waals surface area (Å²) in [5.41, 5.74) is 14.2. The Morgan fingerprint density at radius 1 is 0.333 bits per heavy atom. The van der Waals surface area contributed by atoms with E-state index < -0.39 is 5.41 Å². The number of nitrogens with zero attached hydrogens (tertiary/aromatic N) is 1. The SMILES string of the molecule is Cc1ccccc1-c1cc2ccccc2cc1N(c1ccc2c(c1)C(c1ccccc1)(c1ccccc1)c1ccccc1-2)c1cc2ccccc2c2ccccc12. The minimum atomic E-state index is -0.524. The molecule has 1 nitrogen and oxygen atoms in total. The molecular formula is C56H39N. The number of anilines is 3. The summed E-state index contributed by atoms with van der Waals surface area (Å²) in [4.78, 5) is 2.55. The molecule has 1 aliphatic rings. The van der Waals surface area contributed by atoms with Gasteiger partial charge in [-0.1, -0.05) is 188 Å². The molecule has 268 valence electrons. The van der Waals surface area contributed by atoms with Crippen LogP contribution in [0.15, 0.2) is 218 Å². The molecule has 0 radical (unpaired) electrons. The number of hydrogen-bond donors (Lipinski definition) is 0. The minimum Gasteiger partial charge on any atom is -0.309 e. The Morgan fingerprint density at radius 2 is 0.860 bits per heavy atom. The molecule has 1 aliphatic carbocycles. The molecule has 0 aromatic heterocycles. The zero-order chi connectivity index (χ0) is 37.9. The highest BCUT2D eigenvalue weighted by molar-refractivity contribution is 6.15. The highest BCUT2D eigenvalue weighted by Gasteiger charge is 2.46. The van der Waals surface area contributed by atoms with Gasteiger partial charge in [-0.3, -0.25) is 0 Å². The van der Waals surface area contributed by atoms with Gasteiger partial charge in [0.05, 0.1) is 16.8 Å². The first-order chi connectivity index (χ1) is 28.2. The van der Waals surface area contributed by atoms with Gasteiger partial charge in [0.25, 0.3) is 0 Å². The molecule has 0 unspecified atom stereocenters. The van der Waals surface area contributed by atoms with E-state index in [0.717, 1.165) is 17.1 Å². The molecule has 0 heterocycles. The lowest BCUT2D eigenvalue weighted by Gasteiger charge is -2.35. The van der Waals surface area contributed by atoms with Gasteiger partial charge in [0.1, 0.15) is 0 Å². The fraction of sp³-hybridized carbons (Fsp3) is 0.0357. The third kappa shape index (κ3) is 5.09. The summed E-state index contributed by atoms with van der Waals surface area (Å²) in [7, 11) is 0. The Labute approximate surface area is 333 Å². The lowest BCUT2D eigenvalue weighted by Crippen LogP contribution is -2.28. The topological polar surface area (TPSA) is 3.24 Å². The van der Waals surface area contributed by atoms with E-state index in [9.17, 15) is 0 Å². The second-order valence-corrected chi connectivity index (χ2v) is 15.3. The third-order valence-corrected chi connectivity index (χ3v) is 12.2. The van der Waals surface area contributed by atoms with Crippen LogP contribution in [0.5, 0.6) is 0 Å². The predicted octanol–water partition coefficient (Wildman–Crippen LogP) is 15.0. The first kappa shape index (κ1) is 33.1. The van der Waals surface area contributed by atoms with Crippen LogP contribution in [0.4, 0.5) is 17.1 Å². The van der Waals surface area contributed by atoms with Crippen molar-refractivity contribution in [1.82, 2.24) is 0 Å². The summed E-state index contributed by atoms with van der Waals surface area (Å²) >= 11 is 0. The summed E-state index contributed by atoms with van der Waals surface area (Å²) in [5.74, 6) is 0. The van der Waals surface area contributed by atoms with Crippen molar-refractivity contribution >= 4 is 49.4 Å². The summed E-state index contributed by atoms with van der Waals surface area (Å²) in [5, 5.41) is 7.35. The predicted molar refractivity (Wildman–Crippen MR) is 241 cm³/mol. The molecule has 11 rings (SSSR count). The van der Waals surface area contributed by atoms with Crippen LogP contribution in [-0.4, -0.2) is 0 Å². The van der Waals surface area contributed by atoms with Gasteiger partial charge >= 0.3 is 0 Å². The lowest BCUT2D eigenvalue weighted by molar-refractivity contribution is 0.768. The van der Waals surface area contributed by atoms with Gasteiger partial charge in [0, 0.05) is 16.6 Å². The van der Waals surface area contributed by atoms with Crippen LogP contribution in [-0.2, 0) is 5.41 Å². The second-order valence-electron chi connectivity index (χ2n) is 15.3. The van der Waals surface area contributed by atoms with Crippen LogP contribution in [0.25, 0.3) is 54.6 Å². The maximum absolute atomic E-state index is 2.55. The minimum absolute atomic E-state index is 0.524. The average Bonchev–Trinajstić information content (AvgIpc) is 3.57. The van der Waals surface area contributed by atoms with Crippen molar-refractivity contribution in [3.05, 3.63) is 246 Å². The molecule has 10 aromatic carbocycles. The van der Waals surface area contributed by atoms with Crippen molar-refractivity contribution in [3.8, 4) is 22.3 Å². The molecule has 0 bridgehead atoms. The Kier molecular flexibility index (Phi) is 7.69. The van der Waals surface area contributed by atoms with Crippen LogP contribution in [0.1, 0.15) is 27.8 Å². The molecular weight excluding hydrogens is 687 g/mol. The van der Waals surface area contributed by atoms with Crippen molar-refractivity contribution in [1.29, 1.82) is 0 Å². The van der Waals surface area contributed by atoms with Gasteiger partial charge in [0.15, 0.2) is 0 Å². The van der Waals surface area contributed by atoms with Crippen LogP contribution in [0, 0.1) is 6.92 Å². The number of fused-ring (bicyclic) bond motifs is 7. The molecule has 0 aliphatic heterocycles. The molecule has 0 N–H and O–H groups in total. The average molecular weight is 726 g/mol. The standard InChI is InChI=1S/C56H39N/c1-38-18-8-12-26-45(38)51-34-39-19-9-10-20-40(39)35-55(51)57(54-36-41-21-11-13-27-46(41)47-28-14-15-30-50(47)54)44-32-33-49-48-29-16-17-31-52(48)56(53(49)37-44,42-22-4-2-5-23-42)43-24-6-3-7-25-43/h2-37H,1H3. The maximum atomic E-state index is 2.55. The monoisotopic (exact) mass is 725 g/mol. The van der Waals surface area contributed by atoms with E-state index in [2.05, 4.69) is 230 Å². The van der Waals surface area contributed by atoms with Crippen molar-refractivity contribution < 1.29 is 0 Å². The van der Waals surface area contributed by atoms with Gasteiger partial charge in [0.2, 0.25) is 0 Å². The number of hydrogen-bond acceptors (Lipinski definition) is 1. The van der Waals surface area contributed by atoms with E-state index in [1.165, 1.54) is 82.4 Å². The van der Waals surface area contributed by atoms with E-state index in [1.807, 2.05) is 0 Å². The van der Waals surface area contributed by atoms with E-state index in [0.29, 0.717) is 0 Å². The first-order valence-corrected chi connectivity index (χ1v) is 19.8. The van der Waals surface area contributed by atoms with Crippen LogP contribution in [0.2, 0.25) is 0 Å². The Morgan fingerprint density at radius 3 is 1.58 bits per heavy atom. The molecule has 0 fully saturated rings. The van der Waals surface area contributed by atoms with Crippen LogP contribution in [0.3, 0.4) is 0 Å². The summed E-state index contributed by atoms with van der Waals surface area (Å²) < 4.78 is 0. The Bertz CT molecular complexity index is 3100. The molecule has 57 heavy (non-hydrogen) atoms. The normalized spacial score (nSPS) is 12.8. The van der Waals surface area contributed by atoms with Gasteiger partial charge in [-0.25, -0.2) is 0 Å². The zero-order valence-corrected chi connectivity index (χ0v) is 31.7. The highest BCUT2D eigenvalue weighted by atomic mass is 15.1. The Hall–Kier alpha value is -7.22. The second kappa shape index (κ2) is 13.2. The Balaban J connectivity index is 1.29. The lowest BCUT2D eigenvalue weighted by atomic mass is 9.67. The fourth-order valence-electron chi connectivity index (χ4n) is 9.70. The quantitative estimate of drug-likeness (QED) is 0.154. The third-order valence-electron chi connectivity index (χ3n) is 12.2.